The molecule has 3 aromatic heterocycles. The first-order valence-corrected chi connectivity index (χ1v) is 12.0. The van der Waals surface area contributed by atoms with Crippen LogP contribution < -0.4 is 0 Å². The maximum Gasteiger partial charge on any atom is 0.231 e. The predicted molar refractivity (Wildman–Crippen MR) is 131 cm³/mol. The van der Waals surface area contributed by atoms with Gasteiger partial charge in [-0.2, -0.15) is 10.3 Å². The number of unbranched alkanes of at least 4 members (excludes halogenated alkanes) is 2. The van der Waals surface area contributed by atoms with E-state index >= 15 is 0 Å². The zero-order valence-corrected chi connectivity index (χ0v) is 20.7. The van der Waals surface area contributed by atoms with Crippen molar-refractivity contribution in [3.8, 4) is 22.6 Å². The number of aryl methyl sites for hydroxylation is 1. The molecule has 0 atom stereocenters. The van der Waals surface area contributed by atoms with Crippen LogP contribution in [0.25, 0.3) is 22.6 Å². The van der Waals surface area contributed by atoms with Gasteiger partial charge in [0.05, 0.1) is 0 Å². The Bertz CT molecular complexity index is 1190. The number of aromatic amines is 1. The number of hydrogen-bond donors (Lipinski definition) is 1. The van der Waals surface area contributed by atoms with Crippen molar-refractivity contribution in [2.75, 3.05) is 14.2 Å². The Balaban J connectivity index is 1.61. The highest BCUT2D eigenvalue weighted by Gasteiger charge is 2.35. The van der Waals surface area contributed by atoms with E-state index in [1.54, 1.807) is 20.4 Å². The van der Waals surface area contributed by atoms with E-state index in [9.17, 15) is 0 Å². The monoisotopic (exact) mass is 476 g/mol. The molecule has 0 radical (unpaired) electrons. The van der Waals surface area contributed by atoms with Gasteiger partial charge in [0.2, 0.25) is 17.4 Å². The minimum absolute atomic E-state index is 0.466. The van der Waals surface area contributed by atoms with Gasteiger partial charge >= 0.3 is 0 Å². The van der Waals surface area contributed by atoms with E-state index in [1.165, 1.54) is 0 Å². The van der Waals surface area contributed by atoms with Crippen LogP contribution >= 0.6 is 0 Å². The molecule has 0 fully saturated rings. The Kier molecular flexibility index (Phi) is 7.94. The van der Waals surface area contributed by atoms with E-state index in [1.807, 2.05) is 23.7 Å². The molecular weight excluding hydrogens is 444 g/mol. The summed E-state index contributed by atoms with van der Waals surface area (Å²) < 4.78 is 13.4. The number of ether oxygens (including phenoxy) is 2. The highest BCUT2D eigenvalue weighted by molar-refractivity contribution is 5.77. The standard InChI is InChI=1S/C25H32N8O2/c1-5-7-8-16-33-21(27-24(30-33)25(6-2,34-3)35-4)17-18-11-13-19(14-12-18)20-10-9-15-26-22(20)23-28-31-32-29-23/h9-15H,5-8,16-17H2,1-4H3,(H,28,29,31,32). The van der Waals surface area contributed by atoms with E-state index in [0.29, 0.717) is 30.2 Å². The average molecular weight is 477 g/mol. The first-order chi connectivity index (χ1) is 17.1. The van der Waals surface area contributed by atoms with Crippen molar-refractivity contribution in [2.45, 2.75) is 58.3 Å². The van der Waals surface area contributed by atoms with Gasteiger partial charge in [0, 0.05) is 45.4 Å². The smallest absolute Gasteiger partial charge is 0.231 e. The summed E-state index contributed by atoms with van der Waals surface area (Å²) in [6, 6.07) is 12.3. The molecule has 10 heteroatoms. The van der Waals surface area contributed by atoms with E-state index in [0.717, 1.165) is 48.3 Å². The van der Waals surface area contributed by atoms with Gasteiger partial charge in [0.1, 0.15) is 11.5 Å². The van der Waals surface area contributed by atoms with E-state index in [-0.39, 0.29) is 0 Å². The number of nitrogens with zero attached hydrogens (tertiary/aromatic N) is 7. The van der Waals surface area contributed by atoms with Crippen LogP contribution in [0.2, 0.25) is 0 Å². The van der Waals surface area contributed by atoms with Crippen molar-refractivity contribution in [2.24, 2.45) is 0 Å². The molecule has 0 aliphatic carbocycles. The van der Waals surface area contributed by atoms with Crippen molar-refractivity contribution in [1.29, 1.82) is 0 Å². The fourth-order valence-electron chi connectivity index (χ4n) is 4.13. The Morgan fingerprint density at radius 3 is 2.49 bits per heavy atom. The van der Waals surface area contributed by atoms with Crippen LogP contribution in [-0.4, -0.2) is 54.6 Å². The largest absolute Gasteiger partial charge is 0.347 e. The summed E-state index contributed by atoms with van der Waals surface area (Å²) in [5.41, 5.74) is 3.78. The highest BCUT2D eigenvalue weighted by atomic mass is 16.7. The molecule has 0 bridgehead atoms. The number of rotatable bonds is 12. The molecule has 0 amide bonds. The topological polar surface area (TPSA) is 117 Å². The van der Waals surface area contributed by atoms with Crippen molar-refractivity contribution < 1.29 is 9.47 Å². The molecule has 4 rings (SSSR count). The molecule has 1 N–H and O–H groups in total. The summed E-state index contributed by atoms with van der Waals surface area (Å²) in [7, 11) is 3.26. The second-order valence-electron chi connectivity index (χ2n) is 8.31. The molecule has 0 saturated heterocycles. The second-order valence-corrected chi connectivity index (χ2v) is 8.31. The van der Waals surface area contributed by atoms with Gasteiger partial charge in [0.25, 0.3) is 0 Å². The minimum atomic E-state index is -0.944. The highest BCUT2D eigenvalue weighted by Crippen LogP contribution is 2.30. The van der Waals surface area contributed by atoms with Crippen molar-refractivity contribution in [3.05, 3.63) is 59.8 Å². The molecular formula is C25H32N8O2. The molecule has 35 heavy (non-hydrogen) atoms. The van der Waals surface area contributed by atoms with Crippen LogP contribution in [0, 0.1) is 0 Å². The van der Waals surface area contributed by atoms with Crippen molar-refractivity contribution >= 4 is 0 Å². The molecule has 0 unspecified atom stereocenters. The first-order valence-electron chi connectivity index (χ1n) is 12.0. The summed E-state index contributed by atoms with van der Waals surface area (Å²) in [6.45, 7) is 5.01. The summed E-state index contributed by atoms with van der Waals surface area (Å²) >= 11 is 0. The van der Waals surface area contributed by atoms with E-state index < -0.39 is 5.79 Å². The van der Waals surface area contributed by atoms with Gasteiger partial charge < -0.3 is 9.47 Å². The lowest BCUT2D eigenvalue weighted by atomic mass is 10.0. The fraction of sp³-hybridized carbons (Fsp3) is 0.440. The number of hydrogen-bond acceptors (Lipinski definition) is 8. The normalized spacial score (nSPS) is 11.8. The third-order valence-electron chi connectivity index (χ3n) is 6.18. The summed E-state index contributed by atoms with van der Waals surface area (Å²) in [5.74, 6) is 0.978. The van der Waals surface area contributed by atoms with Gasteiger partial charge in [-0.1, -0.05) is 57.0 Å². The molecule has 10 nitrogen and oxygen atoms in total. The van der Waals surface area contributed by atoms with Crippen LogP contribution in [0.4, 0.5) is 0 Å². The van der Waals surface area contributed by atoms with Gasteiger partial charge in [-0.05, 0) is 28.8 Å². The maximum absolute atomic E-state index is 5.69. The zero-order valence-electron chi connectivity index (χ0n) is 20.7. The Morgan fingerprint density at radius 1 is 1.03 bits per heavy atom. The minimum Gasteiger partial charge on any atom is -0.347 e. The number of pyridine rings is 1. The van der Waals surface area contributed by atoms with E-state index in [2.05, 4.69) is 56.8 Å². The molecule has 0 spiro atoms. The number of aromatic nitrogens is 8. The van der Waals surface area contributed by atoms with Gasteiger partial charge in [0.15, 0.2) is 0 Å². The van der Waals surface area contributed by atoms with Gasteiger partial charge in [-0.25, -0.2) is 9.67 Å². The maximum atomic E-state index is 5.69. The van der Waals surface area contributed by atoms with Gasteiger partial charge in [-0.15, -0.1) is 10.2 Å². The lowest BCUT2D eigenvalue weighted by Gasteiger charge is -2.26. The molecule has 0 aliphatic heterocycles. The number of methoxy groups -OCH3 is 2. The lowest BCUT2D eigenvalue weighted by molar-refractivity contribution is -0.222. The average Bonchev–Trinajstić information content (AvgIpc) is 3.57. The molecule has 0 aliphatic rings. The third-order valence-corrected chi connectivity index (χ3v) is 6.18. The first kappa shape index (κ1) is 24.6. The molecule has 0 saturated carbocycles. The molecule has 184 valence electrons. The Labute approximate surface area is 205 Å². The summed E-state index contributed by atoms with van der Waals surface area (Å²) in [6.07, 6.45) is 6.32. The van der Waals surface area contributed by atoms with Crippen LogP contribution in [0.1, 0.15) is 56.7 Å². The SMILES string of the molecule is CCCCCn1nc(C(CC)(OC)OC)nc1Cc1ccc(-c2cccnc2-c2nn[nH]n2)cc1. The van der Waals surface area contributed by atoms with Crippen LogP contribution in [0.3, 0.4) is 0 Å². The Hall–Kier alpha value is -3.50. The van der Waals surface area contributed by atoms with Crippen molar-refractivity contribution in [1.82, 2.24) is 40.4 Å². The van der Waals surface area contributed by atoms with Crippen LogP contribution in [-0.2, 0) is 28.2 Å². The predicted octanol–water partition coefficient (Wildman–Crippen LogP) is 4.16. The number of nitrogens with one attached hydrogen (secondary N) is 1. The van der Waals surface area contributed by atoms with Crippen LogP contribution in [0.15, 0.2) is 42.6 Å². The quantitative estimate of drug-likeness (QED) is 0.239. The summed E-state index contributed by atoms with van der Waals surface area (Å²) in [5, 5.41) is 19.1. The molecule has 4 aromatic rings. The third kappa shape index (κ3) is 5.28. The zero-order chi connectivity index (χ0) is 24.7. The second kappa shape index (κ2) is 11.3. The Morgan fingerprint density at radius 2 is 1.83 bits per heavy atom. The number of benzene rings is 1. The van der Waals surface area contributed by atoms with Crippen LogP contribution in [0.5, 0.6) is 0 Å². The number of tetrazole rings is 1. The van der Waals surface area contributed by atoms with Crippen molar-refractivity contribution in [3.63, 3.8) is 0 Å². The van der Waals surface area contributed by atoms with E-state index in [4.69, 9.17) is 19.6 Å². The molecule has 3 heterocycles. The fourth-order valence-corrected chi connectivity index (χ4v) is 4.13. The lowest BCUT2D eigenvalue weighted by Crippen LogP contribution is -2.31. The number of H-pyrrole nitrogens is 1. The molecule has 1 aromatic carbocycles. The van der Waals surface area contributed by atoms with Gasteiger partial charge in [-0.3, -0.25) is 4.98 Å². The summed E-state index contributed by atoms with van der Waals surface area (Å²) in [4.78, 5) is 9.32.